The summed E-state index contributed by atoms with van der Waals surface area (Å²) in [5, 5.41) is 8.99. The Morgan fingerprint density at radius 2 is 1.65 bits per heavy atom. The van der Waals surface area contributed by atoms with Crippen LogP contribution in [-0.2, 0) is 4.79 Å². The summed E-state index contributed by atoms with van der Waals surface area (Å²) < 4.78 is 0. The number of aromatic nitrogens is 1. The third kappa shape index (κ3) is 2.91. The molecule has 1 heterocycles. The third-order valence-electron chi connectivity index (χ3n) is 2.69. The van der Waals surface area contributed by atoms with Gasteiger partial charge in [0.1, 0.15) is 0 Å². The number of carbonyl (C=O) groups is 1. The molecule has 1 aromatic heterocycles. The van der Waals surface area contributed by atoms with Gasteiger partial charge in [0, 0.05) is 18.3 Å². The molecule has 0 amide bonds. The molecule has 0 aliphatic rings. The van der Waals surface area contributed by atoms with E-state index in [1.807, 2.05) is 42.5 Å². The lowest BCUT2D eigenvalue weighted by Gasteiger charge is -2.15. The fourth-order valence-corrected chi connectivity index (χ4v) is 1.88. The van der Waals surface area contributed by atoms with E-state index < -0.39 is 5.97 Å². The molecule has 0 aliphatic carbocycles. The summed E-state index contributed by atoms with van der Waals surface area (Å²) in [4.78, 5) is 14.9. The topological polar surface area (TPSA) is 50.2 Å². The summed E-state index contributed by atoms with van der Waals surface area (Å²) in [7, 11) is 0. The van der Waals surface area contributed by atoms with Crippen LogP contribution in [0, 0.1) is 0 Å². The van der Waals surface area contributed by atoms with Crippen molar-refractivity contribution >= 4 is 5.97 Å². The van der Waals surface area contributed by atoms with Gasteiger partial charge in [0.05, 0.1) is 6.42 Å². The second-order valence-corrected chi connectivity index (χ2v) is 3.84. The summed E-state index contributed by atoms with van der Waals surface area (Å²) >= 11 is 0. The van der Waals surface area contributed by atoms with E-state index in [-0.39, 0.29) is 12.3 Å². The Balaban J connectivity index is 2.36. The molecule has 0 spiro atoms. The van der Waals surface area contributed by atoms with Crippen molar-refractivity contribution in [3.05, 3.63) is 66.0 Å². The van der Waals surface area contributed by atoms with Gasteiger partial charge in [-0.3, -0.25) is 9.78 Å². The Labute approximate surface area is 99.8 Å². The van der Waals surface area contributed by atoms with Crippen LogP contribution >= 0.6 is 0 Å². The van der Waals surface area contributed by atoms with Crippen LogP contribution in [0.25, 0.3) is 0 Å². The minimum atomic E-state index is -0.796. The predicted molar refractivity (Wildman–Crippen MR) is 64.8 cm³/mol. The van der Waals surface area contributed by atoms with E-state index >= 15 is 0 Å². The van der Waals surface area contributed by atoms with Crippen molar-refractivity contribution in [2.24, 2.45) is 0 Å². The lowest BCUT2D eigenvalue weighted by molar-refractivity contribution is -0.137. The highest BCUT2D eigenvalue weighted by molar-refractivity contribution is 5.69. The largest absolute Gasteiger partial charge is 0.481 e. The molecule has 2 aromatic rings. The summed E-state index contributed by atoms with van der Waals surface area (Å²) in [6.45, 7) is 0. The summed E-state index contributed by atoms with van der Waals surface area (Å²) in [6, 6.07) is 13.4. The Bertz CT molecular complexity index is 443. The van der Waals surface area contributed by atoms with Crippen LogP contribution in [-0.4, -0.2) is 16.1 Å². The molecule has 1 aromatic carbocycles. The molecule has 17 heavy (non-hydrogen) atoms. The zero-order valence-electron chi connectivity index (χ0n) is 9.28. The number of carboxylic acid groups (broad SMARTS) is 1. The molecule has 0 radical (unpaired) electrons. The zero-order valence-corrected chi connectivity index (χ0v) is 9.28. The quantitative estimate of drug-likeness (QED) is 0.873. The van der Waals surface area contributed by atoms with Crippen LogP contribution in [0.5, 0.6) is 0 Å². The van der Waals surface area contributed by atoms with Crippen LogP contribution < -0.4 is 0 Å². The Hall–Kier alpha value is -2.16. The van der Waals surface area contributed by atoms with E-state index in [0.29, 0.717) is 0 Å². The average molecular weight is 227 g/mol. The molecule has 0 bridgehead atoms. The molecule has 1 atom stereocenters. The van der Waals surface area contributed by atoms with Gasteiger partial charge < -0.3 is 5.11 Å². The highest BCUT2D eigenvalue weighted by Crippen LogP contribution is 2.27. The molecule has 0 saturated carbocycles. The van der Waals surface area contributed by atoms with E-state index in [0.717, 1.165) is 11.1 Å². The number of hydrogen-bond acceptors (Lipinski definition) is 2. The van der Waals surface area contributed by atoms with Crippen LogP contribution in [0.4, 0.5) is 0 Å². The highest BCUT2D eigenvalue weighted by atomic mass is 16.4. The number of hydrogen-bond donors (Lipinski definition) is 1. The Kier molecular flexibility index (Phi) is 3.50. The fourth-order valence-electron chi connectivity index (χ4n) is 1.88. The molecule has 0 saturated heterocycles. The fraction of sp³-hybridized carbons (Fsp3) is 0.143. The molecule has 1 N–H and O–H groups in total. The average Bonchev–Trinajstić information content (AvgIpc) is 2.38. The van der Waals surface area contributed by atoms with Crippen LogP contribution in [0.15, 0.2) is 54.9 Å². The van der Waals surface area contributed by atoms with E-state index in [9.17, 15) is 4.79 Å². The molecule has 0 aliphatic heterocycles. The molecule has 0 unspecified atom stereocenters. The van der Waals surface area contributed by atoms with Gasteiger partial charge in [0.2, 0.25) is 0 Å². The first kappa shape index (κ1) is 11.3. The van der Waals surface area contributed by atoms with Crippen LogP contribution in [0.1, 0.15) is 23.5 Å². The van der Waals surface area contributed by atoms with E-state index in [4.69, 9.17) is 5.11 Å². The van der Waals surface area contributed by atoms with Crippen molar-refractivity contribution in [2.45, 2.75) is 12.3 Å². The maximum absolute atomic E-state index is 10.9. The van der Waals surface area contributed by atoms with Gasteiger partial charge in [0.25, 0.3) is 0 Å². The van der Waals surface area contributed by atoms with Gasteiger partial charge in [-0.05, 0) is 23.3 Å². The molecule has 2 rings (SSSR count). The van der Waals surface area contributed by atoms with Gasteiger partial charge in [-0.25, -0.2) is 0 Å². The number of aliphatic carboxylic acids is 1. The predicted octanol–water partition coefficient (Wildman–Crippen LogP) is 2.69. The molecular formula is C14H13NO2. The third-order valence-corrected chi connectivity index (χ3v) is 2.69. The first-order valence-corrected chi connectivity index (χ1v) is 5.44. The van der Waals surface area contributed by atoms with Crippen molar-refractivity contribution in [1.82, 2.24) is 4.98 Å². The molecule has 0 fully saturated rings. The minimum absolute atomic E-state index is 0.0913. The van der Waals surface area contributed by atoms with Gasteiger partial charge >= 0.3 is 5.97 Å². The second-order valence-electron chi connectivity index (χ2n) is 3.84. The Morgan fingerprint density at radius 1 is 1.06 bits per heavy atom. The van der Waals surface area contributed by atoms with Gasteiger partial charge in [0.15, 0.2) is 0 Å². The molecule has 3 nitrogen and oxygen atoms in total. The lowest BCUT2D eigenvalue weighted by atomic mass is 9.89. The number of nitrogens with zero attached hydrogens (tertiary/aromatic N) is 1. The molecular weight excluding hydrogens is 214 g/mol. The summed E-state index contributed by atoms with van der Waals surface area (Å²) in [5.41, 5.74) is 2.00. The van der Waals surface area contributed by atoms with Crippen molar-refractivity contribution in [3.8, 4) is 0 Å². The number of pyridine rings is 1. The summed E-state index contributed by atoms with van der Waals surface area (Å²) in [5.74, 6) is -0.910. The first-order chi connectivity index (χ1) is 8.27. The number of carboxylic acids is 1. The number of rotatable bonds is 4. The van der Waals surface area contributed by atoms with Crippen LogP contribution in [0.3, 0.4) is 0 Å². The zero-order chi connectivity index (χ0) is 12.1. The molecule has 3 heteroatoms. The first-order valence-electron chi connectivity index (χ1n) is 5.44. The maximum Gasteiger partial charge on any atom is 0.304 e. The maximum atomic E-state index is 10.9. The van der Waals surface area contributed by atoms with Crippen molar-refractivity contribution in [3.63, 3.8) is 0 Å². The normalized spacial score (nSPS) is 12.0. The van der Waals surface area contributed by atoms with E-state index in [2.05, 4.69) is 4.98 Å². The summed E-state index contributed by atoms with van der Waals surface area (Å²) in [6.07, 6.45) is 3.47. The Morgan fingerprint density at radius 3 is 2.24 bits per heavy atom. The SMILES string of the molecule is O=C(O)C[C@H](c1ccccc1)c1ccncc1. The second kappa shape index (κ2) is 5.25. The standard InChI is InChI=1S/C14H13NO2/c16-14(17)10-13(11-4-2-1-3-5-11)12-6-8-15-9-7-12/h1-9,13H,10H2,(H,16,17)/t13-/m1/s1. The monoisotopic (exact) mass is 227 g/mol. The van der Waals surface area contributed by atoms with Gasteiger partial charge in [-0.15, -0.1) is 0 Å². The van der Waals surface area contributed by atoms with E-state index in [1.54, 1.807) is 12.4 Å². The molecule has 86 valence electrons. The van der Waals surface area contributed by atoms with E-state index in [1.165, 1.54) is 0 Å². The van der Waals surface area contributed by atoms with Gasteiger partial charge in [-0.1, -0.05) is 30.3 Å². The number of benzene rings is 1. The lowest BCUT2D eigenvalue weighted by Crippen LogP contribution is -2.07. The van der Waals surface area contributed by atoms with Crippen molar-refractivity contribution in [1.29, 1.82) is 0 Å². The van der Waals surface area contributed by atoms with Gasteiger partial charge in [-0.2, -0.15) is 0 Å². The van der Waals surface area contributed by atoms with Crippen molar-refractivity contribution < 1.29 is 9.90 Å². The smallest absolute Gasteiger partial charge is 0.304 e. The van der Waals surface area contributed by atoms with Crippen LogP contribution in [0.2, 0.25) is 0 Å². The highest BCUT2D eigenvalue weighted by Gasteiger charge is 2.17. The van der Waals surface area contributed by atoms with Crippen molar-refractivity contribution in [2.75, 3.05) is 0 Å². The minimum Gasteiger partial charge on any atom is -0.481 e.